The molecule has 1 aromatic heterocycles. The van der Waals surface area contributed by atoms with Gasteiger partial charge in [-0.1, -0.05) is 59.6 Å². The first-order valence-corrected chi connectivity index (χ1v) is 11.6. The Morgan fingerprint density at radius 3 is 2.37 bits per heavy atom. The fraction of sp³-hybridized carbons (Fsp3) is 0.115. The van der Waals surface area contributed by atoms with E-state index in [-0.39, 0.29) is 12.6 Å². The van der Waals surface area contributed by atoms with Gasteiger partial charge in [-0.15, -0.1) is 0 Å². The normalized spacial score (nSPS) is 12.9. The number of amides is 2. The van der Waals surface area contributed by atoms with Crippen molar-refractivity contribution in [2.24, 2.45) is 0 Å². The van der Waals surface area contributed by atoms with Crippen LogP contribution in [0.2, 0.25) is 10.0 Å². The second-order valence-electron chi connectivity index (χ2n) is 7.85. The van der Waals surface area contributed by atoms with E-state index in [2.05, 4.69) is 10.3 Å². The molecule has 0 aliphatic carbocycles. The van der Waals surface area contributed by atoms with E-state index in [1.54, 1.807) is 41.3 Å². The van der Waals surface area contributed by atoms with E-state index in [0.717, 1.165) is 16.9 Å². The number of aromatic nitrogens is 2. The maximum atomic E-state index is 13.8. The lowest BCUT2D eigenvalue weighted by atomic mass is 10.1. The molecule has 2 amide bonds. The molecular formula is C26H21Cl2N5O2. The quantitative estimate of drug-likeness (QED) is 0.316. The molecule has 0 radical (unpaired) electrons. The Morgan fingerprint density at radius 1 is 0.971 bits per heavy atom. The van der Waals surface area contributed by atoms with Gasteiger partial charge in [0.1, 0.15) is 5.75 Å². The van der Waals surface area contributed by atoms with Crippen LogP contribution < -0.4 is 19.9 Å². The summed E-state index contributed by atoms with van der Waals surface area (Å²) in [5, 5.41) is 4.02. The Bertz CT molecular complexity index is 1350. The summed E-state index contributed by atoms with van der Waals surface area (Å²) < 4.78 is 5.21. The van der Waals surface area contributed by atoms with Crippen LogP contribution in [0.15, 0.2) is 79.0 Å². The molecule has 0 unspecified atom stereocenters. The van der Waals surface area contributed by atoms with Crippen LogP contribution in [0.25, 0.3) is 0 Å². The third-order valence-corrected chi connectivity index (χ3v) is 6.25. The summed E-state index contributed by atoms with van der Waals surface area (Å²) in [6, 6.07) is 21.9. The molecule has 0 bridgehead atoms. The zero-order chi connectivity index (χ0) is 24.4. The SMILES string of the molecule is COc1ccc(CNc2ncc3c(n2)N(c2ccccc2)C(=O)N(c2c(Cl)cccc2Cl)C3)cc1. The molecule has 0 saturated carbocycles. The zero-order valence-corrected chi connectivity index (χ0v) is 20.3. The molecule has 176 valence electrons. The number of urea groups is 1. The van der Waals surface area contributed by atoms with Gasteiger partial charge in [0.25, 0.3) is 0 Å². The van der Waals surface area contributed by atoms with E-state index < -0.39 is 0 Å². The van der Waals surface area contributed by atoms with Crippen LogP contribution in [0, 0.1) is 0 Å². The number of anilines is 4. The maximum absolute atomic E-state index is 13.8. The van der Waals surface area contributed by atoms with Crippen molar-refractivity contribution >= 4 is 52.4 Å². The number of nitrogens with one attached hydrogen (secondary N) is 1. The van der Waals surface area contributed by atoms with Gasteiger partial charge in [0.15, 0.2) is 5.82 Å². The second-order valence-corrected chi connectivity index (χ2v) is 8.67. The van der Waals surface area contributed by atoms with Gasteiger partial charge >= 0.3 is 6.03 Å². The number of rotatable bonds is 6. The fourth-order valence-electron chi connectivity index (χ4n) is 3.89. The number of para-hydroxylation sites is 2. The average Bonchev–Trinajstić information content (AvgIpc) is 2.88. The second kappa shape index (κ2) is 9.82. The predicted octanol–water partition coefficient (Wildman–Crippen LogP) is 6.68. The molecule has 1 N–H and O–H groups in total. The largest absolute Gasteiger partial charge is 0.497 e. The highest BCUT2D eigenvalue weighted by Gasteiger charge is 2.36. The van der Waals surface area contributed by atoms with Crippen molar-refractivity contribution in [1.82, 2.24) is 9.97 Å². The van der Waals surface area contributed by atoms with Crippen LogP contribution in [0.4, 0.5) is 27.9 Å². The van der Waals surface area contributed by atoms with E-state index >= 15 is 0 Å². The van der Waals surface area contributed by atoms with Crippen molar-refractivity contribution in [3.63, 3.8) is 0 Å². The summed E-state index contributed by atoms with van der Waals surface area (Å²) in [6.45, 7) is 0.753. The summed E-state index contributed by atoms with van der Waals surface area (Å²) in [7, 11) is 1.63. The topological polar surface area (TPSA) is 70.6 Å². The summed E-state index contributed by atoms with van der Waals surface area (Å²) >= 11 is 12.9. The number of carbonyl (C=O) groups excluding carboxylic acids is 1. The maximum Gasteiger partial charge on any atom is 0.335 e. The summed E-state index contributed by atoms with van der Waals surface area (Å²) in [5.41, 5.74) is 2.93. The fourth-order valence-corrected chi connectivity index (χ4v) is 4.49. The highest BCUT2D eigenvalue weighted by atomic mass is 35.5. The number of hydrogen-bond acceptors (Lipinski definition) is 5. The third-order valence-electron chi connectivity index (χ3n) is 5.64. The van der Waals surface area contributed by atoms with E-state index in [4.69, 9.17) is 32.9 Å². The first kappa shape index (κ1) is 23.0. The number of benzene rings is 3. The highest BCUT2D eigenvalue weighted by Crippen LogP contribution is 2.41. The molecule has 9 heteroatoms. The Morgan fingerprint density at radius 2 is 1.69 bits per heavy atom. The van der Waals surface area contributed by atoms with Crippen LogP contribution in [-0.4, -0.2) is 23.1 Å². The van der Waals surface area contributed by atoms with E-state index in [1.807, 2.05) is 54.6 Å². The monoisotopic (exact) mass is 505 g/mol. The predicted molar refractivity (Wildman–Crippen MR) is 139 cm³/mol. The van der Waals surface area contributed by atoms with Gasteiger partial charge in [-0.25, -0.2) is 14.7 Å². The lowest BCUT2D eigenvalue weighted by Gasteiger charge is -2.36. The number of fused-ring (bicyclic) bond motifs is 1. The summed E-state index contributed by atoms with van der Waals surface area (Å²) in [5.74, 6) is 1.71. The number of methoxy groups -OCH3 is 1. The molecule has 2 heterocycles. The highest BCUT2D eigenvalue weighted by molar-refractivity contribution is 6.40. The van der Waals surface area contributed by atoms with Crippen molar-refractivity contribution in [1.29, 1.82) is 0 Å². The molecule has 1 aliphatic rings. The van der Waals surface area contributed by atoms with Crippen molar-refractivity contribution < 1.29 is 9.53 Å². The Balaban J connectivity index is 1.50. The van der Waals surface area contributed by atoms with E-state index in [1.165, 1.54) is 0 Å². The van der Waals surface area contributed by atoms with Crippen molar-refractivity contribution in [2.45, 2.75) is 13.1 Å². The van der Waals surface area contributed by atoms with Gasteiger partial charge in [-0.3, -0.25) is 4.90 Å². The minimum Gasteiger partial charge on any atom is -0.497 e. The van der Waals surface area contributed by atoms with Crippen molar-refractivity contribution in [3.8, 4) is 5.75 Å². The first-order chi connectivity index (χ1) is 17.0. The van der Waals surface area contributed by atoms with E-state index in [9.17, 15) is 4.79 Å². The Hall–Kier alpha value is -3.81. The van der Waals surface area contributed by atoms with Crippen molar-refractivity contribution in [2.75, 3.05) is 22.2 Å². The molecule has 0 spiro atoms. The molecule has 0 saturated heterocycles. The van der Waals surface area contributed by atoms with Crippen LogP contribution in [0.1, 0.15) is 11.1 Å². The minimum atomic E-state index is -0.307. The van der Waals surface area contributed by atoms with Gasteiger partial charge in [0.05, 0.1) is 35.1 Å². The standard InChI is InChI=1S/C26H21Cl2N5O2/c1-35-20-12-10-17(11-13-20)14-29-25-30-15-18-16-32(23-21(27)8-5-9-22(23)28)26(34)33(24(18)31-25)19-6-3-2-4-7-19/h2-13,15H,14,16H2,1H3,(H,29,30,31). The first-order valence-electron chi connectivity index (χ1n) is 10.9. The number of hydrogen-bond donors (Lipinski definition) is 1. The lowest BCUT2D eigenvalue weighted by Crippen LogP contribution is -2.45. The van der Waals surface area contributed by atoms with Crippen LogP contribution in [0.5, 0.6) is 5.75 Å². The molecule has 7 nitrogen and oxygen atoms in total. The molecule has 3 aromatic carbocycles. The Labute approximate surface area is 212 Å². The molecule has 0 atom stereocenters. The molecule has 5 rings (SSSR count). The molecule has 1 aliphatic heterocycles. The number of ether oxygens (including phenoxy) is 1. The van der Waals surface area contributed by atoms with E-state index in [0.29, 0.717) is 39.7 Å². The van der Waals surface area contributed by atoms with Gasteiger partial charge in [0.2, 0.25) is 5.95 Å². The number of halogens is 2. The number of nitrogens with zero attached hydrogens (tertiary/aromatic N) is 4. The smallest absolute Gasteiger partial charge is 0.335 e. The number of carbonyl (C=O) groups is 1. The summed E-state index contributed by atoms with van der Waals surface area (Å²) in [6.07, 6.45) is 1.72. The van der Waals surface area contributed by atoms with Gasteiger partial charge in [0, 0.05) is 18.3 Å². The van der Waals surface area contributed by atoms with Crippen LogP contribution in [0.3, 0.4) is 0 Å². The van der Waals surface area contributed by atoms with Gasteiger partial charge in [-0.2, -0.15) is 4.98 Å². The average molecular weight is 506 g/mol. The van der Waals surface area contributed by atoms with Crippen LogP contribution >= 0.6 is 23.2 Å². The minimum absolute atomic E-state index is 0.236. The molecule has 0 fully saturated rings. The van der Waals surface area contributed by atoms with Gasteiger partial charge < -0.3 is 10.1 Å². The third kappa shape index (κ3) is 4.60. The summed E-state index contributed by atoms with van der Waals surface area (Å²) in [4.78, 5) is 26.1. The molecule has 35 heavy (non-hydrogen) atoms. The van der Waals surface area contributed by atoms with Crippen molar-refractivity contribution in [3.05, 3.63) is 100 Å². The van der Waals surface area contributed by atoms with Crippen LogP contribution in [-0.2, 0) is 13.1 Å². The molecular weight excluding hydrogens is 485 g/mol. The van der Waals surface area contributed by atoms with Gasteiger partial charge in [-0.05, 0) is 42.0 Å². The molecule has 4 aromatic rings. The lowest BCUT2D eigenvalue weighted by molar-refractivity contribution is 0.252. The zero-order valence-electron chi connectivity index (χ0n) is 18.8. The Kier molecular flexibility index (Phi) is 6.44.